The summed E-state index contributed by atoms with van der Waals surface area (Å²) in [5.74, 6) is 0.197. The van der Waals surface area contributed by atoms with E-state index in [0.29, 0.717) is 17.5 Å². The standard InChI is InChI=1S/C11H9ClN2O2/c1-6-3-7-5-16-11(15-2)8(4-13)9(7)14-10(6)12/h3H,5H2,1-2H3. The number of allylic oxidation sites excluding steroid dienone is 1. The van der Waals surface area contributed by atoms with E-state index in [0.717, 1.165) is 11.1 Å². The maximum absolute atomic E-state index is 9.05. The summed E-state index contributed by atoms with van der Waals surface area (Å²) in [4.78, 5) is 4.19. The van der Waals surface area contributed by atoms with Crippen LogP contribution in [0.15, 0.2) is 12.0 Å². The lowest BCUT2D eigenvalue weighted by atomic mass is 10.0. The Bertz CT molecular complexity index is 517. The van der Waals surface area contributed by atoms with E-state index in [1.54, 1.807) is 0 Å². The number of aryl methyl sites for hydroxylation is 1. The second kappa shape index (κ2) is 4.03. The summed E-state index contributed by atoms with van der Waals surface area (Å²) >= 11 is 5.93. The lowest BCUT2D eigenvalue weighted by Gasteiger charge is -2.19. The average Bonchev–Trinajstić information content (AvgIpc) is 2.29. The van der Waals surface area contributed by atoms with E-state index in [9.17, 15) is 0 Å². The van der Waals surface area contributed by atoms with E-state index in [2.05, 4.69) is 4.98 Å². The van der Waals surface area contributed by atoms with Crippen LogP contribution in [0.1, 0.15) is 16.8 Å². The number of nitriles is 1. The van der Waals surface area contributed by atoms with Crippen molar-refractivity contribution >= 4 is 17.2 Å². The minimum absolute atomic E-state index is 0.197. The molecule has 0 saturated heterocycles. The average molecular weight is 237 g/mol. The Morgan fingerprint density at radius 1 is 1.62 bits per heavy atom. The second-order valence-electron chi connectivity index (χ2n) is 3.37. The number of pyridine rings is 1. The van der Waals surface area contributed by atoms with Crippen LogP contribution in [0, 0.1) is 18.3 Å². The molecular formula is C11H9ClN2O2. The predicted octanol–water partition coefficient (Wildman–Crippen LogP) is 2.41. The first-order chi connectivity index (χ1) is 7.67. The smallest absolute Gasteiger partial charge is 0.300 e. The van der Waals surface area contributed by atoms with E-state index < -0.39 is 0 Å². The van der Waals surface area contributed by atoms with Gasteiger partial charge in [-0.25, -0.2) is 4.98 Å². The van der Waals surface area contributed by atoms with Crippen LogP contribution >= 0.6 is 11.6 Å². The molecule has 0 spiro atoms. The topological polar surface area (TPSA) is 55.1 Å². The van der Waals surface area contributed by atoms with Crippen molar-refractivity contribution in [3.63, 3.8) is 0 Å². The van der Waals surface area contributed by atoms with Crippen molar-refractivity contribution in [2.75, 3.05) is 7.11 Å². The molecule has 0 N–H and O–H groups in total. The first kappa shape index (κ1) is 10.8. The first-order valence-corrected chi connectivity index (χ1v) is 5.02. The van der Waals surface area contributed by atoms with Gasteiger partial charge in [-0.2, -0.15) is 5.26 Å². The van der Waals surface area contributed by atoms with Gasteiger partial charge in [-0.05, 0) is 18.6 Å². The largest absolute Gasteiger partial charge is 0.468 e. The van der Waals surface area contributed by atoms with Gasteiger partial charge in [0.05, 0.1) is 12.8 Å². The van der Waals surface area contributed by atoms with E-state index in [-0.39, 0.29) is 11.5 Å². The SMILES string of the molecule is COC1=C(C#N)c2nc(Cl)c(C)cc2CO1. The van der Waals surface area contributed by atoms with Gasteiger partial charge in [0.2, 0.25) is 0 Å². The summed E-state index contributed by atoms with van der Waals surface area (Å²) in [6.45, 7) is 2.20. The predicted molar refractivity (Wildman–Crippen MR) is 58.3 cm³/mol. The third kappa shape index (κ3) is 1.59. The molecule has 0 aliphatic carbocycles. The van der Waals surface area contributed by atoms with Crippen LogP contribution in [0.25, 0.3) is 5.57 Å². The molecule has 0 radical (unpaired) electrons. The Labute approximate surface area is 98.1 Å². The van der Waals surface area contributed by atoms with E-state index in [4.69, 9.17) is 26.3 Å². The number of rotatable bonds is 1. The van der Waals surface area contributed by atoms with Gasteiger partial charge in [0.25, 0.3) is 5.95 Å². The maximum atomic E-state index is 9.05. The van der Waals surface area contributed by atoms with Crippen molar-refractivity contribution in [2.45, 2.75) is 13.5 Å². The summed E-state index contributed by atoms with van der Waals surface area (Å²) in [5.41, 5.74) is 2.54. The summed E-state index contributed by atoms with van der Waals surface area (Å²) in [5, 5.41) is 9.44. The highest BCUT2D eigenvalue weighted by Crippen LogP contribution is 2.30. The zero-order valence-corrected chi connectivity index (χ0v) is 9.63. The Balaban J connectivity index is 2.65. The van der Waals surface area contributed by atoms with Crippen molar-refractivity contribution in [3.8, 4) is 6.07 Å². The van der Waals surface area contributed by atoms with Crippen LogP contribution < -0.4 is 0 Å². The second-order valence-corrected chi connectivity index (χ2v) is 3.73. The molecule has 2 heterocycles. The van der Waals surface area contributed by atoms with Crippen LogP contribution in [0.2, 0.25) is 5.15 Å². The number of methoxy groups -OCH3 is 1. The van der Waals surface area contributed by atoms with Gasteiger partial charge < -0.3 is 9.47 Å². The van der Waals surface area contributed by atoms with Crippen molar-refractivity contribution < 1.29 is 9.47 Å². The maximum Gasteiger partial charge on any atom is 0.300 e. The third-order valence-corrected chi connectivity index (χ3v) is 2.71. The summed E-state index contributed by atoms with van der Waals surface area (Å²) in [6, 6.07) is 3.89. The molecule has 4 nitrogen and oxygen atoms in total. The lowest BCUT2D eigenvalue weighted by molar-refractivity contribution is 0.0517. The molecule has 0 fully saturated rings. The molecule has 1 aromatic rings. The van der Waals surface area contributed by atoms with Gasteiger partial charge in [0, 0.05) is 5.56 Å². The molecule has 82 valence electrons. The first-order valence-electron chi connectivity index (χ1n) is 4.65. The van der Waals surface area contributed by atoms with Crippen LogP contribution in [0.3, 0.4) is 0 Å². The van der Waals surface area contributed by atoms with Gasteiger partial charge in [-0.3, -0.25) is 0 Å². The zero-order valence-electron chi connectivity index (χ0n) is 8.87. The number of ether oxygens (including phenoxy) is 2. The van der Waals surface area contributed by atoms with Crippen molar-refractivity contribution in [1.82, 2.24) is 4.98 Å². The van der Waals surface area contributed by atoms with Crippen molar-refractivity contribution in [1.29, 1.82) is 5.26 Å². The summed E-state index contributed by atoms with van der Waals surface area (Å²) < 4.78 is 10.3. The molecule has 0 saturated carbocycles. The minimum Gasteiger partial charge on any atom is -0.468 e. The summed E-state index contributed by atoms with van der Waals surface area (Å²) in [6.07, 6.45) is 0. The molecular weight excluding hydrogens is 228 g/mol. The minimum atomic E-state index is 0.197. The van der Waals surface area contributed by atoms with Crippen LogP contribution in [0.4, 0.5) is 0 Å². The van der Waals surface area contributed by atoms with Crippen LogP contribution in [0.5, 0.6) is 0 Å². The highest BCUT2D eigenvalue weighted by Gasteiger charge is 2.23. The van der Waals surface area contributed by atoms with Crippen LogP contribution in [-0.2, 0) is 16.1 Å². The Kier molecular flexibility index (Phi) is 2.71. The fourth-order valence-corrected chi connectivity index (χ4v) is 1.68. The quantitative estimate of drug-likeness (QED) is 0.703. The highest BCUT2D eigenvalue weighted by molar-refractivity contribution is 6.30. The van der Waals surface area contributed by atoms with Crippen molar-refractivity contribution in [3.05, 3.63) is 34.0 Å². The molecule has 1 aromatic heterocycles. The molecule has 0 amide bonds. The van der Waals surface area contributed by atoms with Gasteiger partial charge in [-0.1, -0.05) is 11.6 Å². The van der Waals surface area contributed by atoms with E-state index in [1.165, 1.54) is 7.11 Å². The highest BCUT2D eigenvalue weighted by atomic mass is 35.5. The molecule has 0 atom stereocenters. The van der Waals surface area contributed by atoms with E-state index in [1.807, 2.05) is 19.1 Å². The zero-order chi connectivity index (χ0) is 11.7. The van der Waals surface area contributed by atoms with Gasteiger partial charge in [0.15, 0.2) is 5.57 Å². The number of nitrogens with zero attached hydrogens (tertiary/aromatic N) is 2. The van der Waals surface area contributed by atoms with Gasteiger partial charge >= 0.3 is 0 Å². The number of aromatic nitrogens is 1. The molecule has 0 bridgehead atoms. The van der Waals surface area contributed by atoms with Gasteiger partial charge in [-0.15, -0.1) is 0 Å². The normalized spacial score (nSPS) is 13.9. The molecule has 2 rings (SSSR count). The summed E-state index contributed by atoms with van der Waals surface area (Å²) in [7, 11) is 1.45. The number of hydrogen-bond donors (Lipinski definition) is 0. The molecule has 1 aliphatic heterocycles. The van der Waals surface area contributed by atoms with Gasteiger partial charge in [0.1, 0.15) is 17.8 Å². The monoisotopic (exact) mass is 236 g/mol. The third-order valence-electron chi connectivity index (χ3n) is 2.33. The number of hydrogen-bond acceptors (Lipinski definition) is 4. The molecule has 0 aromatic carbocycles. The van der Waals surface area contributed by atoms with Crippen LogP contribution in [-0.4, -0.2) is 12.1 Å². The lowest BCUT2D eigenvalue weighted by Crippen LogP contribution is -2.11. The number of fused-ring (bicyclic) bond motifs is 1. The molecule has 1 aliphatic rings. The fourth-order valence-electron chi connectivity index (χ4n) is 1.55. The fraction of sp³-hybridized carbons (Fsp3) is 0.273. The van der Waals surface area contributed by atoms with Crippen molar-refractivity contribution in [2.24, 2.45) is 0 Å². The molecule has 16 heavy (non-hydrogen) atoms. The Morgan fingerprint density at radius 3 is 3.00 bits per heavy atom. The van der Waals surface area contributed by atoms with E-state index >= 15 is 0 Å². The molecule has 5 heteroatoms. The number of halogens is 1. The molecule has 0 unspecified atom stereocenters. The Hall–Kier alpha value is -1.73. The Morgan fingerprint density at radius 2 is 2.38 bits per heavy atom.